The lowest BCUT2D eigenvalue weighted by Crippen LogP contribution is -2.37. The van der Waals surface area contributed by atoms with Crippen molar-refractivity contribution in [2.24, 2.45) is 0 Å². The van der Waals surface area contributed by atoms with Crippen LogP contribution in [0.2, 0.25) is 4.34 Å². The minimum atomic E-state index is 0.279. The van der Waals surface area contributed by atoms with Gasteiger partial charge in [0.15, 0.2) is 0 Å². The summed E-state index contributed by atoms with van der Waals surface area (Å²) in [6, 6.07) is 9.39. The lowest BCUT2D eigenvalue weighted by molar-refractivity contribution is 0.296. The highest BCUT2D eigenvalue weighted by atomic mass is 35.5. The zero-order valence-electron chi connectivity index (χ0n) is 11.5. The Balaban J connectivity index is 1.73. The summed E-state index contributed by atoms with van der Waals surface area (Å²) in [5, 5.41) is 5.88. The van der Waals surface area contributed by atoms with Gasteiger partial charge in [-0.3, -0.25) is 0 Å². The van der Waals surface area contributed by atoms with Gasteiger partial charge < -0.3 is 10.2 Å². The van der Waals surface area contributed by atoms with Crippen LogP contribution >= 0.6 is 34.3 Å². The molecule has 2 aromatic heterocycles. The number of hydrogen-bond acceptors (Lipinski definition) is 4. The molecule has 1 N–H and O–H groups in total. The zero-order valence-corrected chi connectivity index (χ0v) is 13.9. The van der Waals surface area contributed by atoms with E-state index in [9.17, 15) is 0 Å². The fourth-order valence-corrected chi connectivity index (χ4v) is 4.82. The molecule has 0 saturated carbocycles. The molecule has 0 radical (unpaired) electrons. The van der Waals surface area contributed by atoms with Crippen molar-refractivity contribution in [3.63, 3.8) is 0 Å². The highest BCUT2D eigenvalue weighted by molar-refractivity contribution is 7.16. The maximum atomic E-state index is 6.10. The summed E-state index contributed by atoms with van der Waals surface area (Å²) in [7, 11) is 2.22. The molecule has 3 rings (SSSR count). The van der Waals surface area contributed by atoms with Crippen molar-refractivity contribution in [2.75, 3.05) is 20.1 Å². The van der Waals surface area contributed by atoms with Crippen molar-refractivity contribution < 1.29 is 0 Å². The van der Waals surface area contributed by atoms with Gasteiger partial charge >= 0.3 is 0 Å². The van der Waals surface area contributed by atoms with Crippen LogP contribution in [0.15, 0.2) is 29.6 Å². The number of likely N-dealkylation sites (N-methyl/N-ethyl adjacent to an activating group) is 1. The molecule has 2 unspecified atom stereocenters. The van der Waals surface area contributed by atoms with E-state index in [-0.39, 0.29) is 6.04 Å². The van der Waals surface area contributed by atoms with Gasteiger partial charge in [0.2, 0.25) is 0 Å². The van der Waals surface area contributed by atoms with Crippen LogP contribution in [0.4, 0.5) is 0 Å². The third-order valence-corrected chi connectivity index (χ3v) is 6.17. The molecule has 2 aromatic rings. The van der Waals surface area contributed by atoms with Crippen LogP contribution in [-0.4, -0.2) is 31.1 Å². The monoisotopic (exact) mass is 326 g/mol. The molecule has 1 fully saturated rings. The molecule has 0 amide bonds. The number of halogens is 1. The second-order valence-electron chi connectivity index (χ2n) is 5.28. The van der Waals surface area contributed by atoms with Crippen LogP contribution in [-0.2, 0) is 0 Å². The number of rotatable bonds is 5. The smallest absolute Gasteiger partial charge is 0.0931 e. The summed E-state index contributed by atoms with van der Waals surface area (Å²) in [5.41, 5.74) is 0. The van der Waals surface area contributed by atoms with Crippen molar-refractivity contribution >= 4 is 34.3 Å². The number of thiophene rings is 2. The highest BCUT2D eigenvalue weighted by Crippen LogP contribution is 2.33. The summed E-state index contributed by atoms with van der Waals surface area (Å²) < 4.78 is 0.862. The molecule has 108 valence electrons. The highest BCUT2D eigenvalue weighted by Gasteiger charge is 2.23. The van der Waals surface area contributed by atoms with E-state index in [4.69, 9.17) is 11.6 Å². The predicted molar refractivity (Wildman–Crippen MR) is 89.1 cm³/mol. The van der Waals surface area contributed by atoms with E-state index in [2.05, 4.69) is 40.8 Å². The van der Waals surface area contributed by atoms with E-state index in [1.807, 2.05) is 6.07 Å². The summed E-state index contributed by atoms with van der Waals surface area (Å²) >= 11 is 9.58. The Kier molecular flexibility index (Phi) is 4.79. The zero-order chi connectivity index (χ0) is 13.9. The molecule has 2 atom stereocenters. The quantitative estimate of drug-likeness (QED) is 0.884. The lowest BCUT2D eigenvalue weighted by atomic mass is 10.1. The van der Waals surface area contributed by atoms with Gasteiger partial charge in [0.05, 0.1) is 10.4 Å². The number of hydrogen-bond donors (Lipinski definition) is 1. The number of likely N-dealkylation sites (tertiary alicyclic amines) is 1. The standard InChI is InChI=1S/C15H19ClN2S2/c1-18-8-2-4-11(18)10-17-15(12-5-3-9-19-12)13-6-7-14(16)20-13/h3,5-7,9,11,15,17H,2,4,8,10H2,1H3. The maximum absolute atomic E-state index is 6.10. The van der Waals surface area contributed by atoms with E-state index in [0.29, 0.717) is 6.04 Å². The fourth-order valence-electron chi connectivity index (χ4n) is 2.77. The summed E-state index contributed by atoms with van der Waals surface area (Å²) in [6.07, 6.45) is 2.61. The number of nitrogens with one attached hydrogen (secondary N) is 1. The third-order valence-electron chi connectivity index (χ3n) is 3.94. The SMILES string of the molecule is CN1CCCC1CNC(c1cccs1)c1ccc(Cl)s1. The van der Waals surface area contributed by atoms with Crippen molar-refractivity contribution in [1.29, 1.82) is 0 Å². The van der Waals surface area contributed by atoms with Gasteiger partial charge in [0.25, 0.3) is 0 Å². The van der Waals surface area contributed by atoms with Gasteiger partial charge in [-0.25, -0.2) is 0 Å². The van der Waals surface area contributed by atoms with Crippen LogP contribution in [0, 0.1) is 0 Å². The second-order valence-corrected chi connectivity index (χ2v) is 8.00. The number of nitrogens with zero attached hydrogens (tertiary/aromatic N) is 1. The maximum Gasteiger partial charge on any atom is 0.0931 e. The minimum absolute atomic E-state index is 0.279. The Hall–Kier alpha value is -0.390. The average Bonchev–Trinajstić information content (AvgIpc) is 3.14. The second kappa shape index (κ2) is 6.58. The molecular weight excluding hydrogens is 308 g/mol. The van der Waals surface area contributed by atoms with E-state index in [1.165, 1.54) is 29.1 Å². The molecule has 0 aromatic carbocycles. The third kappa shape index (κ3) is 3.26. The molecule has 1 saturated heterocycles. The van der Waals surface area contributed by atoms with Gasteiger partial charge in [-0.1, -0.05) is 17.7 Å². The fraction of sp³-hybridized carbons (Fsp3) is 0.467. The van der Waals surface area contributed by atoms with Crippen molar-refractivity contribution in [2.45, 2.75) is 24.9 Å². The molecule has 1 aliphatic rings. The molecule has 0 spiro atoms. The molecule has 0 aliphatic carbocycles. The normalized spacial score (nSPS) is 21.4. The van der Waals surface area contributed by atoms with Gasteiger partial charge in [0, 0.05) is 22.3 Å². The minimum Gasteiger partial charge on any atom is -0.303 e. The van der Waals surface area contributed by atoms with Gasteiger partial charge in [-0.15, -0.1) is 22.7 Å². The summed E-state index contributed by atoms with van der Waals surface area (Å²) in [6.45, 7) is 2.26. The van der Waals surface area contributed by atoms with Crippen LogP contribution in [0.3, 0.4) is 0 Å². The van der Waals surface area contributed by atoms with E-state index >= 15 is 0 Å². The Bertz CT molecular complexity index is 538. The van der Waals surface area contributed by atoms with Crippen LogP contribution in [0.25, 0.3) is 0 Å². The van der Waals surface area contributed by atoms with Gasteiger partial charge in [0.1, 0.15) is 0 Å². The largest absolute Gasteiger partial charge is 0.303 e. The Labute approximate surface area is 133 Å². The first-order chi connectivity index (χ1) is 9.74. The van der Waals surface area contributed by atoms with Crippen molar-refractivity contribution in [1.82, 2.24) is 10.2 Å². The molecule has 3 heterocycles. The van der Waals surface area contributed by atoms with Crippen LogP contribution in [0.5, 0.6) is 0 Å². The molecule has 1 aliphatic heterocycles. The summed E-state index contributed by atoms with van der Waals surface area (Å²) in [4.78, 5) is 5.13. The van der Waals surface area contributed by atoms with Gasteiger partial charge in [-0.2, -0.15) is 0 Å². The molecule has 2 nitrogen and oxygen atoms in total. The van der Waals surface area contributed by atoms with Crippen LogP contribution < -0.4 is 5.32 Å². The first-order valence-electron chi connectivity index (χ1n) is 6.96. The topological polar surface area (TPSA) is 15.3 Å². The lowest BCUT2D eigenvalue weighted by Gasteiger charge is -2.23. The van der Waals surface area contributed by atoms with Crippen molar-refractivity contribution in [3.05, 3.63) is 43.7 Å². The van der Waals surface area contributed by atoms with E-state index in [1.54, 1.807) is 22.7 Å². The average molecular weight is 327 g/mol. The molecule has 0 bridgehead atoms. The van der Waals surface area contributed by atoms with E-state index in [0.717, 1.165) is 10.9 Å². The molecular formula is C15H19ClN2S2. The van der Waals surface area contributed by atoms with E-state index < -0.39 is 0 Å². The first-order valence-corrected chi connectivity index (χ1v) is 9.03. The summed E-state index contributed by atoms with van der Waals surface area (Å²) in [5.74, 6) is 0. The van der Waals surface area contributed by atoms with Gasteiger partial charge in [-0.05, 0) is 50.0 Å². The van der Waals surface area contributed by atoms with Crippen molar-refractivity contribution in [3.8, 4) is 0 Å². The molecule has 5 heteroatoms. The predicted octanol–water partition coefficient (Wildman–Crippen LogP) is 4.24. The Morgan fingerprint density at radius 2 is 2.30 bits per heavy atom. The Morgan fingerprint density at radius 3 is 2.90 bits per heavy atom. The van der Waals surface area contributed by atoms with Crippen LogP contribution in [0.1, 0.15) is 28.6 Å². The Morgan fingerprint density at radius 1 is 1.40 bits per heavy atom. The first kappa shape index (κ1) is 14.5. The molecule has 20 heavy (non-hydrogen) atoms.